The monoisotopic (exact) mass is 520 g/mol. The number of hydrogen-bond acceptors (Lipinski definition) is 4. The van der Waals surface area contributed by atoms with Crippen molar-refractivity contribution < 1.29 is 17.9 Å². The Morgan fingerprint density at radius 2 is 1.76 bits per heavy atom. The van der Waals surface area contributed by atoms with E-state index in [0.717, 1.165) is 21.2 Å². The molecule has 3 rings (SSSR count). The van der Waals surface area contributed by atoms with Crippen LogP contribution in [-0.2, 0) is 14.8 Å². The fourth-order valence-electron chi connectivity index (χ4n) is 3.61. The fraction of sp³-hybridized carbons (Fsp3) is 0.240. The molecule has 0 bridgehead atoms. The number of carbonyl (C=O) groups excluding carboxylic acids is 1. The molecule has 1 amide bonds. The molecule has 1 atom stereocenters. The van der Waals surface area contributed by atoms with Gasteiger partial charge in [-0.1, -0.05) is 60.5 Å². The Balaban J connectivity index is 1.94. The Hall–Kier alpha value is -2.74. The van der Waals surface area contributed by atoms with Crippen molar-refractivity contribution in [1.82, 2.24) is 5.32 Å². The minimum Gasteiger partial charge on any atom is -0.496 e. The Labute approximate surface area is 210 Å². The van der Waals surface area contributed by atoms with Crippen molar-refractivity contribution in [3.05, 3.63) is 87.9 Å². The zero-order chi connectivity index (χ0) is 24.9. The topological polar surface area (TPSA) is 75.7 Å². The van der Waals surface area contributed by atoms with Gasteiger partial charge in [0.15, 0.2) is 0 Å². The molecule has 0 aliphatic carbocycles. The molecule has 0 aliphatic rings. The Morgan fingerprint density at radius 1 is 1.06 bits per heavy atom. The summed E-state index contributed by atoms with van der Waals surface area (Å²) in [5, 5.41) is 3.40. The molecule has 0 saturated carbocycles. The van der Waals surface area contributed by atoms with E-state index in [9.17, 15) is 13.2 Å². The number of methoxy groups -OCH3 is 1. The molecule has 34 heavy (non-hydrogen) atoms. The molecule has 3 aromatic rings. The van der Waals surface area contributed by atoms with E-state index in [-0.39, 0.29) is 21.6 Å². The molecule has 1 N–H and O–H groups in total. The van der Waals surface area contributed by atoms with Crippen LogP contribution >= 0.6 is 23.2 Å². The Morgan fingerprint density at radius 3 is 2.38 bits per heavy atom. The third-order valence-corrected chi connectivity index (χ3v) is 7.69. The lowest BCUT2D eigenvalue weighted by atomic mass is 10.0. The summed E-state index contributed by atoms with van der Waals surface area (Å²) in [4.78, 5) is 13.2. The van der Waals surface area contributed by atoms with Gasteiger partial charge in [0.25, 0.3) is 10.0 Å². The van der Waals surface area contributed by atoms with Gasteiger partial charge in [-0.05, 0) is 60.9 Å². The van der Waals surface area contributed by atoms with Crippen LogP contribution in [0.25, 0.3) is 0 Å². The maximum absolute atomic E-state index is 13.5. The fourth-order valence-corrected chi connectivity index (χ4v) is 5.49. The van der Waals surface area contributed by atoms with Gasteiger partial charge < -0.3 is 10.1 Å². The number of nitrogens with zero attached hydrogens (tertiary/aromatic N) is 1. The van der Waals surface area contributed by atoms with Crippen molar-refractivity contribution in [2.75, 3.05) is 18.0 Å². The van der Waals surface area contributed by atoms with Crippen molar-refractivity contribution in [2.45, 2.75) is 31.2 Å². The van der Waals surface area contributed by atoms with Gasteiger partial charge in [-0.3, -0.25) is 9.10 Å². The van der Waals surface area contributed by atoms with E-state index in [0.29, 0.717) is 11.4 Å². The van der Waals surface area contributed by atoms with Crippen LogP contribution in [0.3, 0.4) is 0 Å². The minimum absolute atomic E-state index is 0.0386. The molecule has 0 fully saturated rings. The number of benzene rings is 3. The summed E-state index contributed by atoms with van der Waals surface area (Å²) in [7, 11) is -2.50. The van der Waals surface area contributed by atoms with Crippen molar-refractivity contribution in [2.24, 2.45) is 0 Å². The van der Waals surface area contributed by atoms with Crippen LogP contribution in [0, 0.1) is 6.92 Å². The molecular formula is C25H26Cl2N2O4S. The van der Waals surface area contributed by atoms with E-state index in [1.807, 2.05) is 32.0 Å². The van der Waals surface area contributed by atoms with E-state index in [2.05, 4.69) is 5.32 Å². The lowest BCUT2D eigenvalue weighted by Gasteiger charge is -2.26. The highest BCUT2D eigenvalue weighted by molar-refractivity contribution is 7.92. The number of carbonyl (C=O) groups is 1. The van der Waals surface area contributed by atoms with Crippen LogP contribution in [0.15, 0.2) is 71.6 Å². The van der Waals surface area contributed by atoms with Crippen molar-refractivity contribution >= 4 is 44.8 Å². The molecule has 3 aromatic carbocycles. The number of ether oxygens (including phenoxy) is 1. The molecule has 0 aromatic heterocycles. The van der Waals surface area contributed by atoms with Gasteiger partial charge >= 0.3 is 0 Å². The quantitative estimate of drug-likeness (QED) is 0.388. The highest BCUT2D eigenvalue weighted by atomic mass is 35.5. The SMILES string of the molecule is CC[C@H](NC(=O)CN(c1cc(Cl)ccc1Cl)S(=O)(=O)c1ccccc1)c1ccc(OC)c(C)c1. The second-order valence-corrected chi connectivity index (χ2v) is 10.4. The largest absolute Gasteiger partial charge is 0.496 e. The second-order valence-electron chi connectivity index (χ2n) is 7.68. The Kier molecular flexibility index (Phi) is 8.47. The first kappa shape index (κ1) is 25.9. The van der Waals surface area contributed by atoms with Crippen LogP contribution in [0.2, 0.25) is 10.0 Å². The third kappa shape index (κ3) is 5.84. The molecule has 6 nitrogen and oxygen atoms in total. The van der Waals surface area contributed by atoms with Crippen molar-refractivity contribution in [1.29, 1.82) is 0 Å². The Bertz CT molecular complexity index is 1270. The van der Waals surface area contributed by atoms with Crippen LogP contribution in [0.4, 0.5) is 5.69 Å². The van der Waals surface area contributed by atoms with Crippen LogP contribution in [-0.4, -0.2) is 28.0 Å². The van der Waals surface area contributed by atoms with E-state index in [1.54, 1.807) is 31.4 Å². The van der Waals surface area contributed by atoms with E-state index >= 15 is 0 Å². The summed E-state index contributed by atoms with van der Waals surface area (Å²) >= 11 is 12.5. The maximum Gasteiger partial charge on any atom is 0.264 e. The van der Waals surface area contributed by atoms with Gasteiger partial charge in [-0.15, -0.1) is 0 Å². The maximum atomic E-state index is 13.5. The highest BCUT2D eigenvalue weighted by Crippen LogP contribution is 2.33. The summed E-state index contributed by atoms with van der Waals surface area (Å²) in [5.74, 6) is 0.275. The zero-order valence-electron chi connectivity index (χ0n) is 19.1. The number of halogens is 2. The average Bonchev–Trinajstić information content (AvgIpc) is 2.83. The van der Waals surface area contributed by atoms with Crippen LogP contribution in [0.5, 0.6) is 5.75 Å². The van der Waals surface area contributed by atoms with Crippen LogP contribution in [0.1, 0.15) is 30.5 Å². The summed E-state index contributed by atoms with van der Waals surface area (Å²) in [5.41, 5.74) is 1.96. The van der Waals surface area contributed by atoms with E-state index in [4.69, 9.17) is 27.9 Å². The zero-order valence-corrected chi connectivity index (χ0v) is 21.4. The van der Waals surface area contributed by atoms with Gasteiger partial charge in [0, 0.05) is 5.02 Å². The predicted octanol–water partition coefficient (Wildman–Crippen LogP) is 5.77. The van der Waals surface area contributed by atoms with Gasteiger partial charge in [0.1, 0.15) is 12.3 Å². The number of hydrogen-bond donors (Lipinski definition) is 1. The first-order chi connectivity index (χ1) is 16.2. The van der Waals surface area contributed by atoms with Crippen LogP contribution < -0.4 is 14.4 Å². The standard InChI is InChI=1S/C25H26Cl2N2O4S/c1-4-22(18-10-13-24(33-3)17(2)14-18)28-25(30)16-29(23-15-19(26)11-12-21(23)27)34(31,32)20-8-6-5-7-9-20/h5-15,22H,4,16H2,1-3H3,(H,28,30)/t22-/m0/s1. The van der Waals surface area contributed by atoms with Gasteiger partial charge in [0.2, 0.25) is 5.91 Å². The number of rotatable bonds is 9. The summed E-state index contributed by atoms with van der Waals surface area (Å²) in [6, 6.07) is 17.7. The van der Waals surface area contributed by atoms with Crippen molar-refractivity contribution in [3.8, 4) is 5.75 Å². The van der Waals surface area contributed by atoms with Crippen molar-refractivity contribution in [3.63, 3.8) is 0 Å². The molecule has 0 radical (unpaired) electrons. The molecule has 0 aliphatic heterocycles. The first-order valence-electron chi connectivity index (χ1n) is 10.6. The number of amides is 1. The van der Waals surface area contributed by atoms with E-state index in [1.165, 1.54) is 24.3 Å². The number of nitrogens with one attached hydrogen (secondary N) is 1. The lowest BCUT2D eigenvalue weighted by Crippen LogP contribution is -2.42. The number of aryl methyl sites for hydroxylation is 1. The normalized spacial score (nSPS) is 12.1. The number of sulfonamides is 1. The molecule has 0 spiro atoms. The lowest BCUT2D eigenvalue weighted by molar-refractivity contribution is -0.120. The van der Waals surface area contributed by atoms with Gasteiger partial charge in [-0.2, -0.15) is 0 Å². The highest BCUT2D eigenvalue weighted by Gasteiger charge is 2.29. The minimum atomic E-state index is -4.10. The molecule has 180 valence electrons. The predicted molar refractivity (Wildman–Crippen MR) is 136 cm³/mol. The van der Waals surface area contributed by atoms with E-state index < -0.39 is 22.5 Å². The third-order valence-electron chi connectivity index (χ3n) is 5.36. The molecule has 9 heteroatoms. The average molecular weight is 521 g/mol. The summed E-state index contributed by atoms with van der Waals surface area (Å²) < 4.78 is 33.3. The molecule has 0 unspecified atom stereocenters. The molecule has 0 saturated heterocycles. The first-order valence-corrected chi connectivity index (χ1v) is 12.8. The summed E-state index contributed by atoms with van der Waals surface area (Å²) in [6.07, 6.45) is 0.612. The van der Waals surface area contributed by atoms with Gasteiger partial charge in [-0.25, -0.2) is 8.42 Å². The molecule has 0 heterocycles. The second kappa shape index (κ2) is 11.1. The van der Waals surface area contributed by atoms with Gasteiger partial charge in [0.05, 0.1) is 28.8 Å². The summed E-state index contributed by atoms with van der Waals surface area (Å²) in [6.45, 7) is 3.39. The number of anilines is 1. The smallest absolute Gasteiger partial charge is 0.264 e. The molecular weight excluding hydrogens is 495 g/mol.